The van der Waals surface area contributed by atoms with Gasteiger partial charge in [0.2, 0.25) is 0 Å². The molecule has 2 radical (unpaired) electrons. The van der Waals surface area contributed by atoms with Gasteiger partial charge in [-0.25, -0.2) is 0 Å². The molecule has 5 heavy (non-hydrogen) atoms. The molecule has 0 unspecified atom stereocenters. The van der Waals surface area contributed by atoms with Gasteiger partial charge in [0.05, 0.1) is 0 Å². The Bertz CT molecular complexity index is 11.6. The molecule has 0 aromatic rings. The van der Waals surface area contributed by atoms with Crippen LogP contribution >= 0.6 is 0 Å². The van der Waals surface area contributed by atoms with Crippen LogP contribution in [0.3, 0.4) is 0 Å². The molecule has 5 heteroatoms. The van der Waals surface area contributed by atoms with Crippen LogP contribution in [0.15, 0.2) is 0 Å². The van der Waals surface area contributed by atoms with E-state index >= 15 is 0 Å². The van der Waals surface area contributed by atoms with Crippen LogP contribution in [0.4, 0.5) is 0 Å². The first-order valence-electron chi connectivity index (χ1n) is 0. The van der Waals surface area contributed by atoms with E-state index in [0.717, 1.165) is 0 Å². The molecule has 0 saturated heterocycles. The van der Waals surface area contributed by atoms with Crippen LogP contribution < -0.4 is 0 Å². The summed E-state index contributed by atoms with van der Waals surface area (Å²) in [5.74, 6) is 0. The van der Waals surface area contributed by atoms with E-state index < -0.39 is 0 Å². The Labute approximate surface area is 105 Å². The molecule has 0 aliphatic carbocycles. The summed E-state index contributed by atoms with van der Waals surface area (Å²) in [4.78, 5) is 0. The van der Waals surface area contributed by atoms with Crippen molar-refractivity contribution in [1.29, 1.82) is 0 Å². The van der Waals surface area contributed by atoms with Gasteiger partial charge in [-0.15, -0.1) is 0 Å². The van der Waals surface area contributed by atoms with Crippen LogP contribution in [0.2, 0.25) is 0 Å². The van der Waals surface area contributed by atoms with Crippen LogP contribution in [-0.4, -0.2) is 48.9 Å². The fourth-order valence-corrected chi connectivity index (χ4v) is 0. The minimum atomic E-state index is 0. The first-order chi connectivity index (χ1) is 0. The second-order valence-corrected chi connectivity index (χ2v) is 0. The number of hydrogen-bond acceptors (Lipinski definition) is 0. The van der Waals surface area contributed by atoms with Gasteiger partial charge >= 0.3 is 48.9 Å². The summed E-state index contributed by atoms with van der Waals surface area (Å²) in [6.45, 7) is 0. The van der Waals surface area contributed by atoms with Crippen LogP contribution in [-0.2, 0) is 59.1 Å². The number of rotatable bonds is 0. The minimum Gasteiger partial charge on any atom is -2.00 e. The predicted molar refractivity (Wildman–Crippen MR) is 6.44 cm³/mol. The summed E-state index contributed by atoms with van der Waals surface area (Å²) in [5, 5.41) is 0. The molecule has 0 heterocycles. The van der Waals surface area contributed by atoms with Gasteiger partial charge < -0.3 is 5.48 Å². The average Bonchev–Trinajstić information content (AvgIpc) is 0. The molecular formula is BaCuMnOZn. The molecule has 0 saturated carbocycles. The van der Waals surface area contributed by atoms with Crippen LogP contribution in [0.1, 0.15) is 0 Å². The molecule has 0 rings (SSSR count). The van der Waals surface area contributed by atoms with Crippen molar-refractivity contribution in [2.75, 3.05) is 0 Å². The smallest absolute Gasteiger partial charge is 2.00 e. The fourth-order valence-electron chi connectivity index (χ4n) is 0. The van der Waals surface area contributed by atoms with Gasteiger partial charge in [-0.3, -0.25) is 0 Å². The Balaban J connectivity index is 0. The van der Waals surface area contributed by atoms with Crippen LogP contribution in [0, 0.1) is 0 Å². The largest absolute Gasteiger partial charge is 2.00 e. The van der Waals surface area contributed by atoms with Crippen molar-refractivity contribution < 1.29 is 59.1 Å². The van der Waals surface area contributed by atoms with Crippen molar-refractivity contribution in [3.8, 4) is 0 Å². The van der Waals surface area contributed by atoms with E-state index in [1.807, 2.05) is 0 Å². The summed E-state index contributed by atoms with van der Waals surface area (Å²) in [7, 11) is 0. The zero-order chi connectivity index (χ0) is 0. The van der Waals surface area contributed by atoms with Crippen LogP contribution in [0.5, 0.6) is 0 Å². The maximum atomic E-state index is 0. The van der Waals surface area contributed by atoms with E-state index in [2.05, 4.69) is 0 Å². The van der Waals surface area contributed by atoms with Crippen molar-refractivity contribution in [1.82, 2.24) is 0 Å². The Morgan fingerprint density at radius 3 is 1.00 bits per heavy atom. The van der Waals surface area contributed by atoms with Gasteiger partial charge in [0.1, 0.15) is 0 Å². The van der Waals surface area contributed by atoms with Crippen molar-refractivity contribution in [3.05, 3.63) is 0 Å². The standard InChI is InChI=1S/Ba.Cu.Mn.O.Zn/q+2;;;-2;. The normalized spacial score (nSPS) is 0. The van der Waals surface area contributed by atoms with E-state index in [-0.39, 0.29) is 108 Å². The molecule has 1 nitrogen and oxygen atoms in total. The summed E-state index contributed by atoms with van der Waals surface area (Å²) >= 11 is 0. The third-order valence-corrected chi connectivity index (χ3v) is 0. The molecule has 0 amide bonds. The Kier molecular flexibility index (Phi) is 225. The molecular weight excluding hydrogens is 337 g/mol. The van der Waals surface area contributed by atoms with E-state index in [0.29, 0.717) is 0 Å². The van der Waals surface area contributed by atoms with Crippen molar-refractivity contribution in [3.63, 3.8) is 0 Å². The molecule has 0 aromatic heterocycles. The Morgan fingerprint density at radius 1 is 1.00 bits per heavy atom. The molecule has 0 bridgehead atoms. The van der Waals surface area contributed by atoms with E-state index in [1.54, 1.807) is 0 Å². The maximum Gasteiger partial charge on any atom is 2.00 e. The van der Waals surface area contributed by atoms with E-state index in [9.17, 15) is 0 Å². The molecule has 28 valence electrons. The molecule has 0 aromatic carbocycles. The molecule has 0 aliphatic heterocycles. The minimum absolute atomic E-state index is 0. The Morgan fingerprint density at radius 2 is 1.00 bits per heavy atom. The summed E-state index contributed by atoms with van der Waals surface area (Å²) in [5.41, 5.74) is 0. The van der Waals surface area contributed by atoms with Gasteiger partial charge in [-0.1, -0.05) is 0 Å². The van der Waals surface area contributed by atoms with Crippen molar-refractivity contribution in [2.24, 2.45) is 0 Å². The number of hydrogen-bond donors (Lipinski definition) is 0. The van der Waals surface area contributed by atoms with E-state index in [1.165, 1.54) is 0 Å². The van der Waals surface area contributed by atoms with E-state index in [4.69, 9.17) is 0 Å². The van der Waals surface area contributed by atoms with Crippen molar-refractivity contribution in [2.45, 2.75) is 0 Å². The SMILES string of the molecule is [Ba+2].[Cu].[Mn].[O-2].[Zn]. The zero-order valence-electron chi connectivity index (χ0n) is 2.50. The van der Waals surface area contributed by atoms with Gasteiger partial charge in [-0.2, -0.15) is 0 Å². The quantitative estimate of drug-likeness (QED) is 0.533. The fraction of sp³-hybridized carbons (Fsp3) is 0. The zero-order valence-corrected chi connectivity index (χ0v) is 12.0. The predicted octanol–water partition coefficient (Wildman–Crippen LogP) is -0.507. The molecule has 0 aliphatic rings. The molecule has 0 N–H and O–H groups in total. The molecule has 0 atom stereocenters. The summed E-state index contributed by atoms with van der Waals surface area (Å²) in [6, 6.07) is 0. The first-order valence-corrected chi connectivity index (χ1v) is 0. The summed E-state index contributed by atoms with van der Waals surface area (Å²) in [6.07, 6.45) is 0. The van der Waals surface area contributed by atoms with Gasteiger partial charge in [0.15, 0.2) is 0 Å². The van der Waals surface area contributed by atoms with Crippen molar-refractivity contribution >= 4 is 48.9 Å². The van der Waals surface area contributed by atoms with Gasteiger partial charge in [-0.05, 0) is 0 Å². The van der Waals surface area contributed by atoms with Crippen LogP contribution in [0.25, 0.3) is 0 Å². The Hall–Kier alpha value is 3.19. The third kappa shape index (κ3) is 19.0. The van der Waals surface area contributed by atoms with Gasteiger partial charge in [0, 0.05) is 53.6 Å². The maximum absolute atomic E-state index is 0. The second-order valence-electron chi connectivity index (χ2n) is 0. The first kappa shape index (κ1) is 41.6. The third-order valence-electron chi connectivity index (χ3n) is 0. The molecule has 0 spiro atoms. The molecule has 0 fully saturated rings. The monoisotopic (exact) mass is 336 g/mol. The average molecular weight is 337 g/mol. The second kappa shape index (κ2) is 27.1. The summed E-state index contributed by atoms with van der Waals surface area (Å²) < 4.78 is 0. The topological polar surface area (TPSA) is 28.5 Å². The van der Waals surface area contributed by atoms with Gasteiger partial charge in [0.25, 0.3) is 0 Å².